The second-order valence-corrected chi connectivity index (χ2v) is 6.29. The SMILES string of the molecule is CCCCCC1(c2ccc(C(=N)N)cc2)CCCCC1. The molecule has 20 heavy (non-hydrogen) atoms. The lowest BCUT2D eigenvalue weighted by Gasteiger charge is -2.38. The highest BCUT2D eigenvalue weighted by Crippen LogP contribution is 2.43. The van der Waals surface area contributed by atoms with Gasteiger partial charge in [0.1, 0.15) is 5.84 Å². The summed E-state index contributed by atoms with van der Waals surface area (Å²) in [4.78, 5) is 0. The predicted octanol–water partition coefficient (Wildman–Crippen LogP) is 4.75. The number of amidine groups is 1. The molecule has 0 bridgehead atoms. The molecule has 1 aromatic carbocycles. The van der Waals surface area contributed by atoms with Crippen molar-refractivity contribution in [2.45, 2.75) is 70.1 Å². The standard InChI is InChI=1S/C18H28N2/c1-2-3-5-12-18(13-6-4-7-14-18)16-10-8-15(9-11-16)17(19)20/h8-11H,2-7,12-14H2,1H3,(H3,19,20). The van der Waals surface area contributed by atoms with E-state index in [2.05, 4.69) is 19.1 Å². The summed E-state index contributed by atoms with van der Waals surface area (Å²) in [5.41, 5.74) is 8.26. The van der Waals surface area contributed by atoms with Crippen LogP contribution in [0.15, 0.2) is 24.3 Å². The van der Waals surface area contributed by atoms with Crippen LogP contribution in [-0.2, 0) is 5.41 Å². The highest BCUT2D eigenvalue weighted by molar-refractivity contribution is 5.94. The quantitative estimate of drug-likeness (QED) is 0.438. The van der Waals surface area contributed by atoms with E-state index in [1.807, 2.05) is 12.1 Å². The Morgan fingerprint density at radius 3 is 2.30 bits per heavy atom. The number of nitrogens with two attached hydrogens (primary N) is 1. The molecule has 0 radical (unpaired) electrons. The summed E-state index contributed by atoms with van der Waals surface area (Å²) in [5, 5.41) is 7.51. The molecule has 0 saturated heterocycles. The number of nitrogen functional groups attached to an aromatic ring is 1. The molecule has 1 aromatic rings. The minimum Gasteiger partial charge on any atom is -0.384 e. The van der Waals surface area contributed by atoms with Crippen molar-refractivity contribution in [3.05, 3.63) is 35.4 Å². The number of hydrogen-bond acceptors (Lipinski definition) is 1. The lowest BCUT2D eigenvalue weighted by molar-refractivity contribution is 0.266. The molecule has 2 nitrogen and oxygen atoms in total. The van der Waals surface area contributed by atoms with Gasteiger partial charge in [-0.1, -0.05) is 69.7 Å². The van der Waals surface area contributed by atoms with Crippen LogP contribution in [0.2, 0.25) is 0 Å². The van der Waals surface area contributed by atoms with Gasteiger partial charge in [0.2, 0.25) is 0 Å². The first-order valence-corrected chi connectivity index (χ1v) is 8.13. The fraction of sp³-hybridized carbons (Fsp3) is 0.611. The van der Waals surface area contributed by atoms with Gasteiger partial charge < -0.3 is 5.73 Å². The number of nitrogens with one attached hydrogen (secondary N) is 1. The van der Waals surface area contributed by atoms with Crippen molar-refractivity contribution in [2.24, 2.45) is 5.73 Å². The van der Waals surface area contributed by atoms with E-state index in [1.54, 1.807) is 0 Å². The molecule has 1 aliphatic rings. The van der Waals surface area contributed by atoms with Crippen LogP contribution in [-0.4, -0.2) is 5.84 Å². The Morgan fingerprint density at radius 1 is 1.10 bits per heavy atom. The molecule has 1 fully saturated rings. The Hall–Kier alpha value is -1.31. The lowest BCUT2D eigenvalue weighted by Crippen LogP contribution is -2.29. The molecule has 1 aliphatic carbocycles. The molecule has 2 heteroatoms. The van der Waals surface area contributed by atoms with Crippen molar-refractivity contribution in [1.82, 2.24) is 0 Å². The van der Waals surface area contributed by atoms with Crippen molar-refractivity contribution in [3.8, 4) is 0 Å². The highest BCUT2D eigenvalue weighted by atomic mass is 14.7. The second-order valence-electron chi connectivity index (χ2n) is 6.29. The average molecular weight is 272 g/mol. The third-order valence-corrected chi connectivity index (χ3v) is 4.88. The van der Waals surface area contributed by atoms with Gasteiger partial charge in [-0.3, -0.25) is 5.41 Å². The maximum atomic E-state index is 7.51. The van der Waals surface area contributed by atoms with E-state index in [4.69, 9.17) is 11.1 Å². The van der Waals surface area contributed by atoms with E-state index < -0.39 is 0 Å². The minimum absolute atomic E-state index is 0.167. The van der Waals surface area contributed by atoms with Crippen LogP contribution in [0.1, 0.15) is 75.8 Å². The van der Waals surface area contributed by atoms with Gasteiger partial charge in [-0.15, -0.1) is 0 Å². The monoisotopic (exact) mass is 272 g/mol. The molecule has 0 atom stereocenters. The van der Waals surface area contributed by atoms with Gasteiger partial charge in [-0.25, -0.2) is 0 Å². The molecule has 2 rings (SSSR count). The van der Waals surface area contributed by atoms with Crippen molar-refractivity contribution in [2.75, 3.05) is 0 Å². The molecule has 0 aliphatic heterocycles. The normalized spacial score (nSPS) is 17.9. The Labute approximate surface area is 123 Å². The first kappa shape index (κ1) is 15.1. The molecule has 0 amide bonds. The van der Waals surface area contributed by atoms with Gasteiger partial charge in [-0.05, 0) is 30.2 Å². The van der Waals surface area contributed by atoms with Crippen LogP contribution in [0.5, 0.6) is 0 Å². The molecule has 0 spiro atoms. The van der Waals surface area contributed by atoms with E-state index in [9.17, 15) is 0 Å². The Kier molecular flexibility index (Phi) is 5.22. The van der Waals surface area contributed by atoms with Crippen LogP contribution in [0, 0.1) is 5.41 Å². The molecule has 0 heterocycles. The fourth-order valence-corrected chi connectivity index (χ4v) is 3.63. The molecule has 0 aromatic heterocycles. The summed E-state index contributed by atoms with van der Waals surface area (Å²) in [6, 6.07) is 8.48. The first-order chi connectivity index (χ1) is 9.68. The molecule has 110 valence electrons. The molecule has 3 N–H and O–H groups in total. The van der Waals surface area contributed by atoms with Crippen LogP contribution in [0.3, 0.4) is 0 Å². The largest absolute Gasteiger partial charge is 0.384 e. The number of unbranched alkanes of at least 4 members (excludes halogenated alkanes) is 2. The molecular weight excluding hydrogens is 244 g/mol. The molecular formula is C18H28N2. The third kappa shape index (κ3) is 3.41. The predicted molar refractivity (Wildman–Crippen MR) is 86.4 cm³/mol. The number of rotatable bonds is 6. The third-order valence-electron chi connectivity index (χ3n) is 4.88. The van der Waals surface area contributed by atoms with E-state index in [-0.39, 0.29) is 5.84 Å². The van der Waals surface area contributed by atoms with Crippen LogP contribution >= 0.6 is 0 Å². The summed E-state index contributed by atoms with van der Waals surface area (Å²) in [5.74, 6) is 0.167. The summed E-state index contributed by atoms with van der Waals surface area (Å²) >= 11 is 0. The van der Waals surface area contributed by atoms with Gasteiger partial charge in [0.05, 0.1) is 0 Å². The van der Waals surface area contributed by atoms with Crippen LogP contribution in [0.25, 0.3) is 0 Å². The van der Waals surface area contributed by atoms with Gasteiger partial charge in [-0.2, -0.15) is 0 Å². The summed E-state index contributed by atoms with van der Waals surface area (Å²) in [7, 11) is 0. The highest BCUT2D eigenvalue weighted by Gasteiger charge is 2.33. The summed E-state index contributed by atoms with van der Waals surface area (Å²) < 4.78 is 0. The van der Waals surface area contributed by atoms with Gasteiger partial charge in [0, 0.05) is 5.56 Å². The molecule has 1 saturated carbocycles. The zero-order valence-electron chi connectivity index (χ0n) is 12.8. The van der Waals surface area contributed by atoms with Crippen molar-refractivity contribution >= 4 is 5.84 Å². The molecule has 0 unspecified atom stereocenters. The minimum atomic E-state index is 0.167. The topological polar surface area (TPSA) is 49.9 Å². The summed E-state index contributed by atoms with van der Waals surface area (Å²) in [6.45, 7) is 2.27. The summed E-state index contributed by atoms with van der Waals surface area (Å²) in [6.07, 6.45) is 12.1. The Balaban J connectivity index is 2.18. The smallest absolute Gasteiger partial charge is 0.122 e. The van der Waals surface area contributed by atoms with Crippen LogP contribution in [0.4, 0.5) is 0 Å². The number of benzene rings is 1. The fourth-order valence-electron chi connectivity index (χ4n) is 3.63. The van der Waals surface area contributed by atoms with Crippen molar-refractivity contribution in [1.29, 1.82) is 5.41 Å². The first-order valence-electron chi connectivity index (χ1n) is 8.13. The van der Waals surface area contributed by atoms with E-state index >= 15 is 0 Å². The van der Waals surface area contributed by atoms with E-state index in [0.717, 1.165) is 5.56 Å². The van der Waals surface area contributed by atoms with Crippen molar-refractivity contribution < 1.29 is 0 Å². The zero-order chi connectivity index (χ0) is 14.4. The second kappa shape index (κ2) is 6.92. The maximum Gasteiger partial charge on any atom is 0.122 e. The van der Waals surface area contributed by atoms with Crippen LogP contribution < -0.4 is 5.73 Å². The Bertz CT molecular complexity index is 427. The van der Waals surface area contributed by atoms with Crippen molar-refractivity contribution in [3.63, 3.8) is 0 Å². The van der Waals surface area contributed by atoms with Gasteiger partial charge in [0.15, 0.2) is 0 Å². The van der Waals surface area contributed by atoms with E-state index in [0.29, 0.717) is 5.41 Å². The van der Waals surface area contributed by atoms with Gasteiger partial charge in [0.25, 0.3) is 0 Å². The maximum absolute atomic E-state index is 7.51. The van der Waals surface area contributed by atoms with Gasteiger partial charge >= 0.3 is 0 Å². The lowest BCUT2D eigenvalue weighted by atomic mass is 9.66. The number of hydrogen-bond donors (Lipinski definition) is 2. The average Bonchev–Trinajstić information content (AvgIpc) is 2.48. The Morgan fingerprint density at radius 2 is 1.75 bits per heavy atom. The van der Waals surface area contributed by atoms with E-state index in [1.165, 1.54) is 63.4 Å². The zero-order valence-corrected chi connectivity index (χ0v) is 12.8.